The fourth-order valence-electron chi connectivity index (χ4n) is 1.70. The Morgan fingerprint density at radius 1 is 1.26 bits per heavy atom. The average molecular weight is 259 g/mol. The SMILES string of the molecule is CC(=O)c1ccc(OCCCCC(C)(C)C#N)cc1. The largest absolute Gasteiger partial charge is 0.494 e. The number of nitriles is 1. The van der Waals surface area contributed by atoms with Gasteiger partial charge in [-0.15, -0.1) is 0 Å². The van der Waals surface area contributed by atoms with Crippen LogP contribution in [-0.2, 0) is 0 Å². The first-order chi connectivity index (χ1) is 8.94. The summed E-state index contributed by atoms with van der Waals surface area (Å²) in [4.78, 5) is 11.1. The molecule has 0 radical (unpaired) electrons. The van der Waals surface area contributed by atoms with Gasteiger partial charge in [0.05, 0.1) is 18.1 Å². The molecule has 102 valence electrons. The van der Waals surface area contributed by atoms with Gasteiger partial charge in [-0.1, -0.05) is 0 Å². The first-order valence-corrected chi connectivity index (χ1v) is 6.60. The van der Waals surface area contributed by atoms with E-state index in [1.807, 2.05) is 26.0 Å². The van der Waals surface area contributed by atoms with Crippen LogP contribution in [0, 0.1) is 16.7 Å². The number of unbranched alkanes of at least 4 members (excludes halogenated alkanes) is 1. The van der Waals surface area contributed by atoms with Crippen molar-refractivity contribution >= 4 is 5.78 Å². The molecule has 0 amide bonds. The Morgan fingerprint density at radius 3 is 2.42 bits per heavy atom. The van der Waals surface area contributed by atoms with E-state index in [-0.39, 0.29) is 11.2 Å². The van der Waals surface area contributed by atoms with Gasteiger partial charge >= 0.3 is 0 Å². The van der Waals surface area contributed by atoms with Gasteiger partial charge in [-0.25, -0.2) is 0 Å². The highest BCUT2D eigenvalue weighted by Crippen LogP contribution is 2.21. The molecule has 1 aromatic rings. The summed E-state index contributed by atoms with van der Waals surface area (Å²) in [5.41, 5.74) is 0.450. The minimum atomic E-state index is -0.247. The Kier molecular flexibility index (Phi) is 5.57. The zero-order valence-electron chi connectivity index (χ0n) is 11.9. The Bertz CT molecular complexity index is 455. The molecule has 3 heteroatoms. The molecule has 0 N–H and O–H groups in total. The van der Waals surface area contributed by atoms with E-state index < -0.39 is 0 Å². The second-order valence-electron chi connectivity index (χ2n) is 5.38. The smallest absolute Gasteiger partial charge is 0.159 e. The molecule has 19 heavy (non-hydrogen) atoms. The number of carbonyl (C=O) groups is 1. The summed E-state index contributed by atoms with van der Waals surface area (Å²) in [6.07, 6.45) is 2.79. The molecule has 1 aromatic carbocycles. The maximum atomic E-state index is 11.1. The first-order valence-electron chi connectivity index (χ1n) is 6.60. The molecule has 0 atom stereocenters. The molecule has 0 aliphatic rings. The minimum absolute atomic E-state index is 0.0604. The summed E-state index contributed by atoms with van der Waals surface area (Å²) >= 11 is 0. The van der Waals surface area contributed by atoms with E-state index in [1.165, 1.54) is 0 Å². The number of ketones is 1. The van der Waals surface area contributed by atoms with Gasteiger partial charge in [0, 0.05) is 5.56 Å². The van der Waals surface area contributed by atoms with Crippen molar-refractivity contribution in [3.8, 4) is 11.8 Å². The van der Waals surface area contributed by atoms with Crippen LogP contribution in [0.2, 0.25) is 0 Å². The third-order valence-electron chi connectivity index (χ3n) is 3.03. The van der Waals surface area contributed by atoms with Crippen molar-refractivity contribution in [1.82, 2.24) is 0 Å². The second kappa shape index (κ2) is 6.94. The zero-order valence-corrected chi connectivity index (χ0v) is 11.9. The van der Waals surface area contributed by atoms with E-state index in [0.29, 0.717) is 12.2 Å². The monoisotopic (exact) mass is 259 g/mol. The summed E-state index contributed by atoms with van der Waals surface area (Å²) in [5.74, 6) is 0.842. The Labute approximate surface area is 115 Å². The van der Waals surface area contributed by atoms with E-state index in [4.69, 9.17) is 10.00 Å². The molecular formula is C16H21NO2. The van der Waals surface area contributed by atoms with Gasteiger partial charge < -0.3 is 4.74 Å². The topological polar surface area (TPSA) is 50.1 Å². The quantitative estimate of drug-likeness (QED) is 0.549. The fourth-order valence-corrected chi connectivity index (χ4v) is 1.70. The summed E-state index contributed by atoms with van der Waals surface area (Å²) < 4.78 is 5.59. The number of nitrogens with zero attached hydrogens (tertiary/aromatic N) is 1. The van der Waals surface area contributed by atoms with E-state index in [9.17, 15) is 4.79 Å². The Morgan fingerprint density at radius 2 is 1.89 bits per heavy atom. The van der Waals surface area contributed by atoms with Crippen molar-refractivity contribution in [2.24, 2.45) is 5.41 Å². The van der Waals surface area contributed by atoms with Crippen LogP contribution in [0.3, 0.4) is 0 Å². The maximum absolute atomic E-state index is 11.1. The minimum Gasteiger partial charge on any atom is -0.494 e. The standard InChI is InChI=1S/C16H21NO2/c1-13(18)14-6-8-15(9-7-14)19-11-5-4-10-16(2,3)12-17/h6-9H,4-5,10-11H2,1-3H3. The van der Waals surface area contributed by atoms with E-state index in [2.05, 4.69) is 6.07 Å². The van der Waals surface area contributed by atoms with Crippen molar-refractivity contribution in [2.75, 3.05) is 6.61 Å². The number of hydrogen-bond acceptors (Lipinski definition) is 3. The maximum Gasteiger partial charge on any atom is 0.159 e. The van der Waals surface area contributed by atoms with Gasteiger partial charge in [0.2, 0.25) is 0 Å². The van der Waals surface area contributed by atoms with E-state index in [1.54, 1.807) is 19.1 Å². The lowest BCUT2D eigenvalue weighted by atomic mass is 9.89. The summed E-state index contributed by atoms with van der Waals surface area (Å²) in [7, 11) is 0. The van der Waals surface area contributed by atoms with E-state index in [0.717, 1.165) is 25.0 Å². The highest BCUT2D eigenvalue weighted by atomic mass is 16.5. The molecule has 0 heterocycles. The average Bonchev–Trinajstić information content (AvgIpc) is 2.39. The Balaban J connectivity index is 2.27. The highest BCUT2D eigenvalue weighted by Gasteiger charge is 2.15. The summed E-state index contributed by atoms with van der Waals surface area (Å²) in [5, 5.41) is 8.89. The Hall–Kier alpha value is -1.82. The van der Waals surface area contributed by atoms with Crippen molar-refractivity contribution in [1.29, 1.82) is 5.26 Å². The molecule has 0 unspecified atom stereocenters. The van der Waals surface area contributed by atoms with Crippen LogP contribution in [0.25, 0.3) is 0 Å². The van der Waals surface area contributed by atoms with Crippen molar-refractivity contribution in [3.05, 3.63) is 29.8 Å². The van der Waals surface area contributed by atoms with Crippen LogP contribution in [-0.4, -0.2) is 12.4 Å². The number of Topliss-reactive ketones (excluding diaryl/α,β-unsaturated/α-hetero) is 1. The third kappa shape index (κ3) is 5.56. The predicted octanol–water partition coefficient (Wildman–Crippen LogP) is 3.99. The number of hydrogen-bond donors (Lipinski definition) is 0. The van der Waals surface area contributed by atoms with Crippen LogP contribution in [0.4, 0.5) is 0 Å². The van der Waals surface area contributed by atoms with Gasteiger partial charge in [-0.2, -0.15) is 5.26 Å². The molecule has 0 spiro atoms. The molecule has 0 aliphatic heterocycles. The fraction of sp³-hybridized carbons (Fsp3) is 0.500. The molecule has 0 fully saturated rings. The van der Waals surface area contributed by atoms with Crippen molar-refractivity contribution in [2.45, 2.75) is 40.0 Å². The molecule has 0 aromatic heterocycles. The number of rotatable bonds is 7. The van der Waals surface area contributed by atoms with Crippen LogP contribution < -0.4 is 4.74 Å². The normalized spacial score (nSPS) is 10.8. The number of ether oxygens (including phenoxy) is 1. The molecule has 3 nitrogen and oxygen atoms in total. The molecule has 1 rings (SSSR count). The predicted molar refractivity (Wildman–Crippen MR) is 75.2 cm³/mol. The van der Waals surface area contributed by atoms with Gasteiger partial charge in [0.1, 0.15) is 5.75 Å². The number of benzene rings is 1. The lowest BCUT2D eigenvalue weighted by Crippen LogP contribution is -2.08. The number of carbonyl (C=O) groups excluding carboxylic acids is 1. The zero-order chi connectivity index (χ0) is 14.3. The van der Waals surface area contributed by atoms with Crippen molar-refractivity contribution < 1.29 is 9.53 Å². The molecule has 0 bridgehead atoms. The molecular weight excluding hydrogens is 238 g/mol. The van der Waals surface area contributed by atoms with Crippen molar-refractivity contribution in [3.63, 3.8) is 0 Å². The highest BCUT2D eigenvalue weighted by molar-refractivity contribution is 5.94. The first kappa shape index (κ1) is 15.2. The molecule has 0 saturated heterocycles. The van der Waals surface area contributed by atoms with Crippen LogP contribution in [0.15, 0.2) is 24.3 Å². The summed E-state index contributed by atoms with van der Waals surface area (Å²) in [6.45, 7) is 6.09. The van der Waals surface area contributed by atoms with Gasteiger partial charge in [-0.05, 0) is 64.3 Å². The van der Waals surface area contributed by atoms with Crippen LogP contribution in [0.5, 0.6) is 5.75 Å². The molecule has 0 saturated carbocycles. The van der Waals surface area contributed by atoms with Gasteiger partial charge in [0.15, 0.2) is 5.78 Å². The van der Waals surface area contributed by atoms with E-state index >= 15 is 0 Å². The third-order valence-corrected chi connectivity index (χ3v) is 3.03. The molecule has 0 aliphatic carbocycles. The lowest BCUT2D eigenvalue weighted by Gasteiger charge is -2.14. The van der Waals surface area contributed by atoms with Gasteiger partial charge in [0.25, 0.3) is 0 Å². The second-order valence-corrected chi connectivity index (χ2v) is 5.38. The van der Waals surface area contributed by atoms with Gasteiger partial charge in [-0.3, -0.25) is 4.79 Å². The van der Waals surface area contributed by atoms with Crippen LogP contribution >= 0.6 is 0 Å². The summed E-state index contributed by atoms with van der Waals surface area (Å²) in [6, 6.07) is 9.47. The van der Waals surface area contributed by atoms with Crippen LogP contribution in [0.1, 0.15) is 50.4 Å². The lowest BCUT2D eigenvalue weighted by molar-refractivity contribution is 0.101.